The van der Waals surface area contributed by atoms with E-state index in [1.54, 1.807) is 18.5 Å². The van der Waals surface area contributed by atoms with Crippen LogP contribution in [-0.2, 0) is 5.41 Å². The zero-order valence-electron chi connectivity index (χ0n) is 16.8. The number of halogens is 1. The van der Waals surface area contributed by atoms with E-state index >= 15 is 0 Å². The molecule has 6 heteroatoms. The number of aromatic nitrogens is 2. The van der Waals surface area contributed by atoms with E-state index in [-0.39, 0.29) is 11.3 Å². The van der Waals surface area contributed by atoms with Gasteiger partial charge >= 0.3 is 0 Å². The second kappa shape index (κ2) is 8.80. The quantitative estimate of drug-likeness (QED) is 0.816. The van der Waals surface area contributed by atoms with Crippen LogP contribution >= 0.6 is 11.6 Å². The van der Waals surface area contributed by atoms with Gasteiger partial charge in [0, 0.05) is 29.6 Å². The van der Waals surface area contributed by atoms with Gasteiger partial charge in [0.25, 0.3) is 5.91 Å². The Hall–Kier alpha value is -1.98. The molecule has 1 amide bonds. The number of nitrogens with two attached hydrogens (primary N) is 1. The fourth-order valence-electron chi connectivity index (χ4n) is 5.29. The van der Waals surface area contributed by atoms with Gasteiger partial charge in [-0.1, -0.05) is 23.7 Å². The monoisotopic (exact) mass is 412 g/mol. The molecule has 1 aliphatic carbocycles. The van der Waals surface area contributed by atoms with Crippen LogP contribution < -0.4 is 5.73 Å². The van der Waals surface area contributed by atoms with E-state index in [0.717, 1.165) is 50.1 Å². The average molecular weight is 413 g/mol. The van der Waals surface area contributed by atoms with E-state index < -0.39 is 0 Å². The second-order valence-electron chi connectivity index (χ2n) is 8.53. The van der Waals surface area contributed by atoms with Crippen LogP contribution in [0.25, 0.3) is 0 Å². The van der Waals surface area contributed by atoms with Crippen LogP contribution in [0.2, 0.25) is 5.02 Å². The summed E-state index contributed by atoms with van der Waals surface area (Å²) in [6, 6.07) is 10.2. The highest BCUT2D eigenvalue weighted by molar-refractivity contribution is 6.30. The molecule has 1 atom stereocenters. The van der Waals surface area contributed by atoms with Crippen molar-refractivity contribution in [3.63, 3.8) is 0 Å². The zero-order chi connectivity index (χ0) is 20.3. The predicted octanol–water partition coefficient (Wildman–Crippen LogP) is 4.21. The molecule has 4 rings (SSSR count). The van der Waals surface area contributed by atoms with Crippen LogP contribution in [0.15, 0.2) is 42.7 Å². The molecule has 1 aliphatic heterocycles. The van der Waals surface area contributed by atoms with Crippen LogP contribution in [-0.4, -0.2) is 40.1 Å². The summed E-state index contributed by atoms with van der Waals surface area (Å²) in [6.07, 6.45) is 10.8. The van der Waals surface area contributed by atoms with Crippen LogP contribution in [0, 0.1) is 5.92 Å². The minimum absolute atomic E-state index is 0.0000742. The molecule has 1 aromatic carbocycles. The van der Waals surface area contributed by atoms with Crippen molar-refractivity contribution in [3.05, 3.63) is 58.9 Å². The molecule has 2 aromatic rings. The van der Waals surface area contributed by atoms with Crippen molar-refractivity contribution in [3.8, 4) is 0 Å². The van der Waals surface area contributed by atoms with Crippen molar-refractivity contribution in [1.82, 2.24) is 15.1 Å². The lowest BCUT2D eigenvalue weighted by molar-refractivity contribution is 0.0425. The first kappa shape index (κ1) is 20.3. The lowest BCUT2D eigenvalue weighted by Gasteiger charge is -2.46. The summed E-state index contributed by atoms with van der Waals surface area (Å²) < 4.78 is 0. The second-order valence-corrected chi connectivity index (χ2v) is 8.96. The Morgan fingerprint density at radius 1 is 1.17 bits per heavy atom. The number of piperidine rings is 1. The fraction of sp³-hybridized carbons (Fsp3) is 0.522. The molecule has 1 saturated carbocycles. The van der Waals surface area contributed by atoms with Crippen molar-refractivity contribution >= 4 is 17.5 Å². The third-order valence-electron chi connectivity index (χ3n) is 7.00. The largest absolute Gasteiger partial charge is 0.335 e. The molecule has 2 heterocycles. The number of nitrogens with zero attached hydrogens (tertiary/aromatic N) is 3. The number of amides is 1. The third kappa shape index (κ3) is 4.17. The van der Waals surface area contributed by atoms with Crippen molar-refractivity contribution in [2.45, 2.75) is 56.4 Å². The first-order valence-electron chi connectivity index (χ1n) is 10.7. The summed E-state index contributed by atoms with van der Waals surface area (Å²) in [4.78, 5) is 15.2. The molecule has 29 heavy (non-hydrogen) atoms. The molecule has 1 unspecified atom stereocenters. The fourth-order valence-corrected chi connectivity index (χ4v) is 5.48. The molecule has 5 nitrogen and oxygen atoms in total. The number of carbonyl (C=O) groups is 1. The summed E-state index contributed by atoms with van der Waals surface area (Å²) in [5.41, 5.74) is 8.17. The van der Waals surface area contributed by atoms with E-state index in [9.17, 15) is 4.79 Å². The van der Waals surface area contributed by atoms with Crippen molar-refractivity contribution in [1.29, 1.82) is 0 Å². The van der Waals surface area contributed by atoms with Gasteiger partial charge in [0.2, 0.25) is 0 Å². The maximum atomic E-state index is 13.1. The van der Waals surface area contributed by atoms with E-state index in [2.05, 4.69) is 27.2 Å². The Labute approximate surface area is 177 Å². The summed E-state index contributed by atoms with van der Waals surface area (Å²) in [5, 5.41) is 8.46. The first-order valence-corrected chi connectivity index (χ1v) is 11.0. The van der Waals surface area contributed by atoms with E-state index in [1.807, 2.05) is 12.1 Å². The topological polar surface area (TPSA) is 72.1 Å². The molecule has 0 spiro atoms. The van der Waals surface area contributed by atoms with Gasteiger partial charge < -0.3 is 10.6 Å². The minimum Gasteiger partial charge on any atom is -0.335 e. The Balaban J connectivity index is 1.49. The number of benzene rings is 1. The molecule has 0 radical (unpaired) electrons. The lowest BCUT2D eigenvalue weighted by Crippen LogP contribution is -2.50. The molecule has 2 fully saturated rings. The normalized spacial score (nSPS) is 27.6. The minimum atomic E-state index is -0.0000742. The Kier molecular flexibility index (Phi) is 6.16. The van der Waals surface area contributed by atoms with E-state index in [1.165, 1.54) is 12.0 Å². The number of carbonyl (C=O) groups excluding carboxylic acids is 1. The molecule has 154 valence electrons. The maximum Gasteiger partial charge on any atom is 0.255 e. The highest BCUT2D eigenvalue weighted by Gasteiger charge is 2.41. The van der Waals surface area contributed by atoms with E-state index in [0.29, 0.717) is 24.1 Å². The van der Waals surface area contributed by atoms with Crippen molar-refractivity contribution in [2.24, 2.45) is 11.7 Å². The predicted molar refractivity (Wildman–Crippen MR) is 115 cm³/mol. The Bertz CT molecular complexity index is 836. The summed E-state index contributed by atoms with van der Waals surface area (Å²) in [7, 11) is 0. The molecule has 1 saturated heterocycles. The zero-order valence-corrected chi connectivity index (χ0v) is 17.5. The highest BCUT2D eigenvalue weighted by Crippen LogP contribution is 2.44. The summed E-state index contributed by atoms with van der Waals surface area (Å²) in [5.74, 6) is 0.614. The van der Waals surface area contributed by atoms with Crippen LogP contribution in [0.3, 0.4) is 0 Å². The maximum absolute atomic E-state index is 13.1. The van der Waals surface area contributed by atoms with Gasteiger partial charge in [-0.3, -0.25) is 4.79 Å². The van der Waals surface area contributed by atoms with Crippen molar-refractivity contribution in [2.75, 3.05) is 13.1 Å². The molecule has 0 bridgehead atoms. The van der Waals surface area contributed by atoms with Gasteiger partial charge in [0.05, 0.1) is 18.0 Å². The summed E-state index contributed by atoms with van der Waals surface area (Å²) in [6.45, 7) is 1.47. The molecular weight excluding hydrogens is 384 g/mol. The van der Waals surface area contributed by atoms with Gasteiger partial charge in [0.15, 0.2) is 0 Å². The standard InChI is InChI=1S/C23H29ClN4O/c24-20-5-3-4-19(14-20)23(16-25)10-7-17(8-11-23)21-6-1-2-13-28(21)22(29)18-9-12-26-27-15-18/h3-5,9,12,14-15,17,21H,1-2,6-8,10-11,13,16,25H2/t17-,21?,23-. The molecular formula is C23H29ClN4O. The Morgan fingerprint density at radius 2 is 2.00 bits per heavy atom. The van der Waals surface area contributed by atoms with Gasteiger partial charge in [-0.15, -0.1) is 0 Å². The highest BCUT2D eigenvalue weighted by atomic mass is 35.5. The molecule has 2 N–H and O–H groups in total. The third-order valence-corrected chi connectivity index (χ3v) is 7.24. The summed E-state index contributed by atoms with van der Waals surface area (Å²) >= 11 is 6.25. The number of hydrogen-bond acceptors (Lipinski definition) is 4. The van der Waals surface area contributed by atoms with Gasteiger partial charge in [-0.2, -0.15) is 10.2 Å². The number of likely N-dealkylation sites (tertiary alicyclic amines) is 1. The van der Waals surface area contributed by atoms with Crippen LogP contribution in [0.4, 0.5) is 0 Å². The average Bonchev–Trinajstić information content (AvgIpc) is 2.79. The van der Waals surface area contributed by atoms with Crippen molar-refractivity contribution < 1.29 is 4.79 Å². The lowest BCUT2D eigenvalue weighted by atomic mass is 9.64. The van der Waals surface area contributed by atoms with Crippen LogP contribution in [0.5, 0.6) is 0 Å². The SMILES string of the molecule is NC[C@]1(c2cccc(Cl)c2)CC[C@H](C2CCCCN2C(=O)c2ccnnc2)CC1. The van der Waals surface area contributed by atoms with Crippen LogP contribution in [0.1, 0.15) is 60.9 Å². The Morgan fingerprint density at radius 3 is 2.69 bits per heavy atom. The smallest absolute Gasteiger partial charge is 0.255 e. The molecule has 2 aliphatic rings. The number of hydrogen-bond donors (Lipinski definition) is 1. The van der Waals surface area contributed by atoms with Gasteiger partial charge in [-0.25, -0.2) is 0 Å². The molecule has 1 aromatic heterocycles. The van der Waals surface area contributed by atoms with Gasteiger partial charge in [0.1, 0.15) is 0 Å². The van der Waals surface area contributed by atoms with E-state index in [4.69, 9.17) is 17.3 Å². The van der Waals surface area contributed by atoms with Gasteiger partial charge in [-0.05, 0) is 74.6 Å². The first-order chi connectivity index (χ1) is 14.1. The number of rotatable bonds is 4.